The molecule has 84 valence electrons. The summed E-state index contributed by atoms with van der Waals surface area (Å²) < 4.78 is 0. The molecular weight excluding hydrogens is 198 g/mol. The van der Waals surface area contributed by atoms with E-state index in [1.54, 1.807) is 0 Å². The number of amides is 1. The summed E-state index contributed by atoms with van der Waals surface area (Å²) >= 11 is 0. The average molecular weight is 215 g/mol. The Morgan fingerprint density at radius 3 is 2.94 bits per heavy atom. The summed E-state index contributed by atoms with van der Waals surface area (Å²) in [5, 5.41) is 2.95. The van der Waals surface area contributed by atoms with Crippen LogP contribution in [0.15, 0.2) is 47.1 Å². The highest BCUT2D eigenvalue weighted by Crippen LogP contribution is 2.20. The van der Waals surface area contributed by atoms with E-state index in [4.69, 9.17) is 0 Å². The van der Waals surface area contributed by atoms with E-state index in [0.29, 0.717) is 0 Å². The maximum absolute atomic E-state index is 11.9. The fourth-order valence-electron chi connectivity index (χ4n) is 1.96. The van der Waals surface area contributed by atoms with Crippen molar-refractivity contribution >= 4 is 5.91 Å². The molecule has 1 N–H and O–H groups in total. The predicted molar refractivity (Wildman–Crippen MR) is 65.9 cm³/mol. The molecule has 1 aliphatic carbocycles. The summed E-state index contributed by atoms with van der Waals surface area (Å²) in [5.74, 6) is 0.0605. The van der Waals surface area contributed by atoms with Gasteiger partial charge in [-0.3, -0.25) is 4.79 Å². The van der Waals surface area contributed by atoms with Crippen LogP contribution in [0.4, 0.5) is 0 Å². The molecule has 2 heteroatoms. The van der Waals surface area contributed by atoms with Crippen LogP contribution in [0.1, 0.15) is 26.2 Å². The largest absolute Gasteiger partial charge is 0.352 e. The number of carbonyl (C=O) groups excluding carboxylic acids is 1. The molecule has 2 nitrogen and oxygen atoms in total. The molecule has 0 atom stereocenters. The molecule has 2 rings (SSSR count). The first kappa shape index (κ1) is 10.9. The van der Waals surface area contributed by atoms with Gasteiger partial charge >= 0.3 is 0 Å². The van der Waals surface area contributed by atoms with Crippen molar-refractivity contribution in [2.24, 2.45) is 0 Å². The molecule has 0 aromatic rings. The van der Waals surface area contributed by atoms with Crippen molar-refractivity contribution in [3.8, 4) is 0 Å². The van der Waals surface area contributed by atoms with E-state index in [-0.39, 0.29) is 5.91 Å². The first-order valence-electron chi connectivity index (χ1n) is 5.82. The van der Waals surface area contributed by atoms with Gasteiger partial charge in [-0.25, -0.2) is 0 Å². The van der Waals surface area contributed by atoms with Gasteiger partial charge in [0.1, 0.15) is 0 Å². The first-order valence-corrected chi connectivity index (χ1v) is 5.82. The molecule has 1 amide bonds. The van der Waals surface area contributed by atoms with E-state index in [9.17, 15) is 4.79 Å². The summed E-state index contributed by atoms with van der Waals surface area (Å²) in [5.41, 5.74) is 3.14. The number of carbonyl (C=O) groups is 1. The van der Waals surface area contributed by atoms with E-state index in [0.717, 1.165) is 42.5 Å². The second-order valence-electron chi connectivity index (χ2n) is 4.26. The van der Waals surface area contributed by atoms with Gasteiger partial charge in [0.15, 0.2) is 0 Å². The molecule has 0 radical (unpaired) electrons. The van der Waals surface area contributed by atoms with Crippen LogP contribution in [-0.4, -0.2) is 12.5 Å². The maximum Gasteiger partial charge on any atom is 0.251 e. The summed E-state index contributed by atoms with van der Waals surface area (Å²) in [4.78, 5) is 11.9. The zero-order chi connectivity index (χ0) is 11.4. The van der Waals surface area contributed by atoms with Crippen LogP contribution in [0.2, 0.25) is 0 Å². The van der Waals surface area contributed by atoms with Crippen LogP contribution in [0, 0.1) is 0 Å². The highest BCUT2D eigenvalue weighted by molar-refractivity contribution is 5.97. The number of hydrogen-bond acceptors (Lipinski definition) is 1. The number of rotatable bonds is 0. The van der Waals surface area contributed by atoms with Gasteiger partial charge in [-0.1, -0.05) is 29.9 Å². The monoisotopic (exact) mass is 215 g/mol. The van der Waals surface area contributed by atoms with Gasteiger partial charge in [0.2, 0.25) is 0 Å². The van der Waals surface area contributed by atoms with Crippen molar-refractivity contribution in [1.82, 2.24) is 5.32 Å². The molecule has 0 saturated carbocycles. The van der Waals surface area contributed by atoms with Crippen molar-refractivity contribution in [2.75, 3.05) is 6.54 Å². The van der Waals surface area contributed by atoms with Crippen LogP contribution in [0.5, 0.6) is 0 Å². The van der Waals surface area contributed by atoms with Gasteiger partial charge in [0.05, 0.1) is 0 Å². The molecular formula is C14H17NO. The first-order chi connectivity index (χ1) is 7.77. The molecule has 1 aliphatic heterocycles. The second kappa shape index (κ2) is 4.97. The maximum atomic E-state index is 11.9. The van der Waals surface area contributed by atoms with Gasteiger partial charge in [0.25, 0.3) is 5.91 Å². The third-order valence-electron chi connectivity index (χ3n) is 2.92. The standard InChI is InChI=1S/C14H17NO/c1-11-5-4-7-12-6-2-3-10-15-14(16)13(12)9-8-11/h4-5,7-9H,2-3,6,10H2,1H3,(H,15,16)/b5-4?,7-4+,9-8+,11-5+,11-8?,12-7?,13-9?,13-12-. The minimum atomic E-state index is 0.0605. The van der Waals surface area contributed by atoms with E-state index in [1.165, 1.54) is 0 Å². The molecule has 0 fully saturated rings. The smallest absolute Gasteiger partial charge is 0.251 e. The average Bonchev–Trinajstić information content (AvgIpc) is 2.22. The Morgan fingerprint density at radius 1 is 1.19 bits per heavy atom. The van der Waals surface area contributed by atoms with Crippen LogP contribution in [0.25, 0.3) is 0 Å². The Hall–Kier alpha value is -1.57. The van der Waals surface area contributed by atoms with E-state index < -0.39 is 0 Å². The zero-order valence-corrected chi connectivity index (χ0v) is 9.62. The van der Waals surface area contributed by atoms with Crippen LogP contribution in [-0.2, 0) is 4.79 Å². The van der Waals surface area contributed by atoms with Gasteiger partial charge in [-0.05, 0) is 37.8 Å². The topological polar surface area (TPSA) is 29.1 Å². The third kappa shape index (κ3) is 2.51. The Morgan fingerprint density at radius 2 is 2.06 bits per heavy atom. The summed E-state index contributed by atoms with van der Waals surface area (Å²) in [6.07, 6.45) is 13.3. The lowest BCUT2D eigenvalue weighted by Crippen LogP contribution is -2.27. The molecule has 0 unspecified atom stereocenters. The van der Waals surface area contributed by atoms with E-state index in [2.05, 4.69) is 17.5 Å². The molecule has 2 aliphatic rings. The van der Waals surface area contributed by atoms with E-state index >= 15 is 0 Å². The van der Waals surface area contributed by atoms with Crippen LogP contribution < -0.4 is 5.32 Å². The van der Waals surface area contributed by atoms with Crippen LogP contribution in [0.3, 0.4) is 0 Å². The Balaban J connectivity index is 2.37. The number of nitrogens with one attached hydrogen (secondary N) is 1. The quantitative estimate of drug-likeness (QED) is 0.661. The zero-order valence-electron chi connectivity index (χ0n) is 9.62. The molecule has 0 aromatic carbocycles. The van der Waals surface area contributed by atoms with E-state index in [1.807, 2.05) is 25.2 Å². The van der Waals surface area contributed by atoms with Crippen molar-refractivity contribution < 1.29 is 4.79 Å². The van der Waals surface area contributed by atoms with Crippen molar-refractivity contribution in [1.29, 1.82) is 0 Å². The van der Waals surface area contributed by atoms with Crippen LogP contribution >= 0.6 is 0 Å². The molecule has 1 heterocycles. The minimum absolute atomic E-state index is 0.0605. The molecule has 0 bridgehead atoms. The fraction of sp³-hybridized carbons (Fsp3) is 0.357. The summed E-state index contributed by atoms with van der Waals surface area (Å²) in [7, 11) is 0. The molecule has 0 aromatic heterocycles. The van der Waals surface area contributed by atoms with Crippen molar-refractivity contribution in [3.63, 3.8) is 0 Å². The normalized spacial score (nSPS) is 33.1. The Labute approximate surface area is 96.4 Å². The highest BCUT2D eigenvalue weighted by atomic mass is 16.1. The van der Waals surface area contributed by atoms with Gasteiger partial charge in [-0.2, -0.15) is 0 Å². The SMILES string of the molecule is CC1=C\C=C\C2=C(\C=C\1)C(=O)NCCCC2. The lowest BCUT2D eigenvalue weighted by Gasteiger charge is -2.15. The summed E-state index contributed by atoms with van der Waals surface area (Å²) in [6, 6.07) is 0. The van der Waals surface area contributed by atoms with Gasteiger partial charge < -0.3 is 5.32 Å². The van der Waals surface area contributed by atoms with Crippen molar-refractivity contribution in [3.05, 3.63) is 47.1 Å². The lowest BCUT2D eigenvalue weighted by atomic mass is 9.96. The minimum Gasteiger partial charge on any atom is -0.352 e. The number of hydrogen-bond donors (Lipinski definition) is 1. The van der Waals surface area contributed by atoms with Gasteiger partial charge in [-0.15, -0.1) is 0 Å². The Bertz CT molecular complexity index is 410. The summed E-state index contributed by atoms with van der Waals surface area (Å²) in [6.45, 7) is 2.83. The molecule has 16 heavy (non-hydrogen) atoms. The lowest BCUT2D eigenvalue weighted by molar-refractivity contribution is -0.117. The van der Waals surface area contributed by atoms with Gasteiger partial charge in [0, 0.05) is 12.1 Å². The predicted octanol–water partition coefficient (Wildman–Crippen LogP) is 2.66. The van der Waals surface area contributed by atoms with Crippen molar-refractivity contribution in [2.45, 2.75) is 26.2 Å². The molecule has 0 saturated heterocycles. The molecule has 0 spiro atoms. The highest BCUT2D eigenvalue weighted by Gasteiger charge is 2.13. The third-order valence-corrected chi connectivity index (χ3v) is 2.92. The fourth-order valence-corrected chi connectivity index (χ4v) is 1.96. The number of allylic oxidation sites excluding steroid dienone is 6. The second-order valence-corrected chi connectivity index (χ2v) is 4.26. The Kier molecular flexibility index (Phi) is 3.40.